The van der Waals surface area contributed by atoms with Crippen LogP contribution in [0.3, 0.4) is 0 Å². The Morgan fingerprint density at radius 1 is 1.52 bits per heavy atom. The second kappa shape index (κ2) is 5.95. The Morgan fingerprint density at radius 3 is 3.05 bits per heavy atom. The van der Waals surface area contributed by atoms with E-state index < -0.39 is 0 Å². The molecule has 1 aliphatic carbocycles. The topological polar surface area (TPSA) is 77.3 Å². The van der Waals surface area contributed by atoms with Crippen LogP contribution in [0, 0.1) is 6.92 Å². The van der Waals surface area contributed by atoms with Crippen LogP contribution in [0.25, 0.3) is 0 Å². The van der Waals surface area contributed by atoms with Gasteiger partial charge in [-0.05, 0) is 32.8 Å². The molecule has 0 unspecified atom stereocenters. The molecule has 0 radical (unpaired) electrons. The summed E-state index contributed by atoms with van der Waals surface area (Å²) in [4.78, 5) is 12.3. The lowest BCUT2D eigenvalue weighted by molar-refractivity contribution is 0.102. The van der Waals surface area contributed by atoms with E-state index in [4.69, 9.17) is 9.15 Å². The van der Waals surface area contributed by atoms with E-state index in [0.717, 1.165) is 29.4 Å². The molecule has 0 spiro atoms. The summed E-state index contributed by atoms with van der Waals surface area (Å²) < 4.78 is 10.9. The SMILES string of the molecule is CCOCc1nnc(NC(=O)c2cc(C)oc2C2CC2)s1. The lowest BCUT2D eigenvalue weighted by Crippen LogP contribution is -2.12. The van der Waals surface area contributed by atoms with Gasteiger partial charge in [0.15, 0.2) is 0 Å². The Labute approximate surface area is 126 Å². The van der Waals surface area contributed by atoms with E-state index in [1.807, 2.05) is 13.8 Å². The second-order valence-electron chi connectivity index (χ2n) is 5.00. The number of hydrogen-bond donors (Lipinski definition) is 1. The zero-order valence-electron chi connectivity index (χ0n) is 12.0. The fourth-order valence-electron chi connectivity index (χ4n) is 2.07. The van der Waals surface area contributed by atoms with Crippen molar-refractivity contribution in [1.82, 2.24) is 10.2 Å². The fourth-order valence-corrected chi connectivity index (χ4v) is 2.75. The van der Waals surface area contributed by atoms with Gasteiger partial charge in [-0.1, -0.05) is 11.3 Å². The fraction of sp³-hybridized carbons (Fsp3) is 0.500. The lowest BCUT2D eigenvalue weighted by Gasteiger charge is -2.00. The molecule has 1 N–H and O–H groups in total. The van der Waals surface area contributed by atoms with Gasteiger partial charge in [-0.15, -0.1) is 10.2 Å². The number of nitrogens with zero attached hydrogens (tertiary/aromatic N) is 2. The van der Waals surface area contributed by atoms with E-state index in [1.165, 1.54) is 11.3 Å². The standard InChI is InChI=1S/C14H17N3O3S/c1-3-19-7-11-16-17-14(21-11)15-13(18)10-6-8(2)20-12(10)9-4-5-9/h6,9H,3-5,7H2,1-2H3,(H,15,17,18). The van der Waals surface area contributed by atoms with E-state index in [2.05, 4.69) is 15.5 Å². The maximum atomic E-state index is 12.3. The number of rotatable bonds is 6. The summed E-state index contributed by atoms with van der Waals surface area (Å²) in [6.07, 6.45) is 2.18. The monoisotopic (exact) mass is 307 g/mol. The predicted molar refractivity (Wildman–Crippen MR) is 78.6 cm³/mol. The highest BCUT2D eigenvalue weighted by Gasteiger charge is 2.32. The van der Waals surface area contributed by atoms with Crippen molar-refractivity contribution in [2.24, 2.45) is 0 Å². The largest absolute Gasteiger partial charge is 0.465 e. The molecule has 1 aliphatic rings. The molecule has 7 heteroatoms. The highest BCUT2D eigenvalue weighted by Crippen LogP contribution is 2.42. The van der Waals surface area contributed by atoms with Crippen LogP contribution < -0.4 is 5.32 Å². The number of aryl methyl sites for hydroxylation is 1. The quantitative estimate of drug-likeness (QED) is 0.887. The Balaban J connectivity index is 1.70. The number of anilines is 1. The molecular weight excluding hydrogens is 290 g/mol. The van der Waals surface area contributed by atoms with Crippen molar-refractivity contribution >= 4 is 22.4 Å². The van der Waals surface area contributed by atoms with Crippen molar-refractivity contribution in [3.8, 4) is 0 Å². The number of nitrogens with one attached hydrogen (secondary N) is 1. The zero-order chi connectivity index (χ0) is 14.8. The van der Waals surface area contributed by atoms with Gasteiger partial charge in [0.05, 0.1) is 5.56 Å². The number of hydrogen-bond acceptors (Lipinski definition) is 6. The molecular formula is C14H17N3O3S. The molecule has 1 fully saturated rings. The number of carbonyl (C=O) groups is 1. The average Bonchev–Trinajstić information content (AvgIpc) is 3.09. The summed E-state index contributed by atoms with van der Waals surface area (Å²) in [7, 11) is 0. The molecule has 21 heavy (non-hydrogen) atoms. The molecule has 1 amide bonds. The van der Waals surface area contributed by atoms with E-state index in [1.54, 1.807) is 6.07 Å². The number of ether oxygens (including phenoxy) is 1. The van der Waals surface area contributed by atoms with E-state index in [0.29, 0.717) is 29.8 Å². The van der Waals surface area contributed by atoms with Gasteiger partial charge >= 0.3 is 0 Å². The van der Waals surface area contributed by atoms with Crippen molar-refractivity contribution in [1.29, 1.82) is 0 Å². The van der Waals surface area contributed by atoms with E-state index in [9.17, 15) is 4.79 Å². The molecule has 2 heterocycles. The number of amides is 1. The Morgan fingerprint density at radius 2 is 2.33 bits per heavy atom. The van der Waals surface area contributed by atoms with Gasteiger partial charge in [-0.25, -0.2) is 0 Å². The highest BCUT2D eigenvalue weighted by atomic mass is 32.1. The first kappa shape index (κ1) is 14.2. The zero-order valence-corrected chi connectivity index (χ0v) is 12.8. The Hall–Kier alpha value is -1.73. The van der Waals surface area contributed by atoms with Crippen LogP contribution in [0.15, 0.2) is 10.5 Å². The van der Waals surface area contributed by atoms with Crippen LogP contribution in [0.2, 0.25) is 0 Å². The predicted octanol–water partition coefficient (Wildman–Crippen LogP) is 3.11. The summed E-state index contributed by atoms with van der Waals surface area (Å²) >= 11 is 1.32. The number of furan rings is 1. The minimum absolute atomic E-state index is 0.187. The molecule has 112 valence electrons. The first-order valence-electron chi connectivity index (χ1n) is 6.99. The van der Waals surface area contributed by atoms with E-state index >= 15 is 0 Å². The maximum absolute atomic E-state index is 12.3. The summed E-state index contributed by atoms with van der Waals surface area (Å²) in [5.74, 6) is 1.76. The molecule has 6 nitrogen and oxygen atoms in total. The number of carbonyl (C=O) groups excluding carboxylic acids is 1. The van der Waals surface area contributed by atoms with Crippen molar-refractivity contribution in [3.63, 3.8) is 0 Å². The summed E-state index contributed by atoms with van der Waals surface area (Å²) in [6, 6.07) is 1.78. The van der Waals surface area contributed by atoms with Crippen LogP contribution >= 0.6 is 11.3 Å². The van der Waals surface area contributed by atoms with E-state index in [-0.39, 0.29) is 5.91 Å². The summed E-state index contributed by atoms with van der Waals surface area (Å²) in [5.41, 5.74) is 0.608. The molecule has 0 atom stereocenters. The molecule has 0 aliphatic heterocycles. The maximum Gasteiger partial charge on any atom is 0.261 e. The lowest BCUT2D eigenvalue weighted by atomic mass is 10.1. The Kier molecular flexibility index (Phi) is 4.03. The summed E-state index contributed by atoms with van der Waals surface area (Å²) in [6.45, 7) is 4.82. The van der Waals surface area contributed by atoms with Crippen LogP contribution in [-0.4, -0.2) is 22.7 Å². The molecule has 0 saturated heterocycles. The van der Waals surface area contributed by atoms with Gasteiger partial charge in [-0.2, -0.15) is 0 Å². The molecule has 0 bridgehead atoms. The van der Waals surface area contributed by atoms with Gasteiger partial charge in [0.2, 0.25) is 5.13 Å². The highest BCUT2D eigenvalue weighted by molar-refractivity contribution is 7.15. The average molecular weight is 307 g/mol. The second-order valence-corrected chi connectivity index (χ2v) is 6.06. The van der Waals surface area contributed by atoms with Crippen LogP contribution in [0.4, 0.5) is 5.13 Å². The third kappa shape index (κ3) is 3.30. The van der Waals surface area contributed by atoms with Gasteiger partial charge < -0.3 is 9.15 Å². The molecule has 1 saturated carbocycles. The first-order chi connectivity index (χ1) is 10.2. The summed E-state index contributed by atoms with van der Waals surface area (Å²) in [5, 5.41) is 12.0. The van der Waals surface area contributed by atoms with Crippen LogP contribution in [0.1, 0.15) is 52.6 Å². The van der Waals surface area contributed by atoms with Crippen molar-refractivity contribution in [2.75, 3.05) is 11.9 Å². The smallest absolute Gasteiger partial charge is 0.261 e. The van der Waals surface area contributed by atoms with Gasteiger partial charge in [0.1, 0.15) is 23.1 Å². The molecule has 2 aromatic rings. The minimum Gasteiger partial charge on any atom is -0.465 e. The van der Waals surface area contributed by atoms with Crippen molar-refractivity contribution in [3.05, 3.63) is 28.2 Å². The molecule has 2 aromatic heterocycles. The molecule has 0 aromatic carbocycles. The third-order valence-electron chi connectivity index (χ3n) is 3.19. The minimum atomic E-state index is -0.187. The first-order valence-corrected chi connectivity index (χ1v) is 7.80. The van der Waals surface area contributed by atoms with Gasteiger partial charge in [0, 0.05) is 12.5 Å². The van der Waals surface area contributed by atoms with Gasteiger partial charge in [0.25, 0.3) is 5.91 Å². The number of aromatic nitrogens is 2. The van der Waals surface area contributed by atoms with Crippen molar-refractivity contribution in [2.45, 2.75) is 39.2 Å². The van der Waals surface area contributed by atoms with Crippen LogP contribution in [0.5, 0.6) is 0 Å². The Bertz CT molecular complexity index is 646. The van der Waals surface area contributed by atoms with Gasteiger partial charge in [-0.3, -0.25) is 10.1 Å². The normalized spacial score (nSPS) is 14.4. The van der Waals surface area contributed by atoms with Crippen LogP contribution in [-0.2, 0) is 11.3 Å². The molecule has 3 rings (SSSR count). The van der Waals surface area contributed by atoms with Crippen molar-refractivity contribution < 1.29 is 13.9 Å². The third-order valence-corrected chi connectivity index (χ3v) is 4.01.